The lowest BCUT2D eigenvalue weighted by atomic mass is 10.1. The van der Waals surface area contributed by atoms with Gasteiger partial charge in [-0.25, -0.2) is 9.78 Å². The third-order valence-electron chi connectivity index (χ3n) is 2.47. The van der Waals surface area contributed by atoms with Crippen molar-refractivity contribution in [1.29, 1.82) is 0 Å². The Morgan fingerprint density at radius 1 is 1.47 bits per heavy atom. The van der Waals surface area contributed by atoms with E-state index in [9.17, 15) is 4.79 Å². The van der Waals surface area contributed by atoms with Crippen molar-refractivity contribution in [1.82, 2.24) is 4.98 Å². The van der Waals surface area contributed by atoms with Crippen molar-refractivity contribution in [2.75, 3.05) is 6.61 Å². The maximum atomic E-state index is 10.8. The molecule has 0 radical (unpaired) electrons. The number of carboxylic acids is 1. The first kappa shape index (κ1) is 13.5. The third kappa shape index (κ3) is 4.43. The third-order valence-corrected chi connectivity index (χ3v) is 2.47. The molecule has 1 heterocycles. The van der Waals surface area contributed by atoms with E-state index in [1.54, 1.807) is 13.0 Å². The molecule has 0 aliphatic heterocycles. The Labute approximate surface area is 102 Å². The van der Waals surface area contributed by atoms with Crippen LogP contribution in [0.15, 0.2) is 12.1 Å². The zero-order valence-corrected chi connectivity index (χ0v) is 10.6. The molecule has 1 rings (SSSR count). The topological polar surface area (TPSA) is 59.4 Å². The van der Waals surface area contributed by atoms with E-state index in [1.165, 1.54) is 6.07 Å². The smallest absolute Gasteiger partial charge is 0.337 e. The highest BCUT2D eigenvalue weighted by Crippen LogP contribution is 2.13. The van der Waals surface area contributed by atoms with Gasteiger partial charge in [-0.1, -0.05) is 13.8 Å². The number of hydrogen-bond donors (Lipinski definition) is 1. The largest absolute Gasteiger partial charge is 0.478 e. The quantitative estimate of drug-likeness (QED) is 0.773. The Kier molecular flexibility index (Phi) is 4.94. The van der Waals surface area contributed by atoms with Crippen LogP contribution in [-0.4, -0.2) is 22.7 Å². The van der Waals surface area contributed by atoms with Gasteiger partial charge in [0.05, 0.1) is 17.9 Å². The van der Waals surface area contributed by atoms with Gasteiger partial charge in [-0.3, -0.25) is 0 Å². The molecule has 0 saturated heterocycles. The molecule has 4 heteroatoms. The van der Waals surface area contributed by atoms with E-state index < -0.39 is 5.97 Å². The van der Waals surface area contributed by atoms with E-state index >= 15 is 0 Å². The first-order chi connectivity index (χ1) is 8.00. The zero-order chi connectivity index (χ0) is 12.8. The molecule has 0 spiro atoms. The van der Waals surface area contributed by atoms with Crippen LogP contribution in [0.3, 0.4) is 0 Å². The van der Waals surface area contributed by atoms with Crippen LogP contribution < -0.4 is 4.74 Å². The summed E-state index contributed by atoms with van der Waals surface area (Å²) < 4.78 is 5.47. The van der Waals surface area contributed by atoms with Crippen LogP contribution >= 0.6 is 0 Å². The van der Waals surface area contributed by atoms with Gasteiger partial charge >= 0.3 is 5.97 Å². The van der Waals surface area contributed by atoms with Crippen molar-refractivity contribution < 1.29 is 14.6 Å². The minimum Gasteiger partial charge on any atom is -0.478 e. The molecule has 0 amide bonds. The van der Waals surface area contributed by atoms with Gasteiger partial charge in [-0.05, 0) is 31.7 Å². The average molecular weight is 237 g/mol. The molecule has 1 aromatic rings. The van der Waals surface area contributed by atoms with Crippen LogP contribution in [-0.2, 0) is 0 Å². The fourth-order valence-electron chi connectivity index (χ4n) is 1.51. The van der Waals surface area contributed by atoms with E-state index in [0.717, 1.165) is 12.8 Å². The first-order valence-electron chi connectivity index (χ1n) is 5.84. The molecule has 0 aliphatic rings. The summed E-state index contributed by atoms with van der Waals surface area (Å²) in [6.07, 6.45) is 2.10. The molecule has 94 valence electrons. The van der Waals surface area contributed by atoms with Crippen molar-refractivity contribution in [2.24, 2.45) is 5.92 Å². The molecule has 0 aliphatic carbocycles. The van der Waals surface area contributed by atoms with Crippen molar-refractivity contribution in [3.63, 3.8) is 0 Å². The van der Waals surface area contributed by atoms with Crippen LogP contribution in [0, 0.1) is 12.8 Å². The summed E-state index contributed by atoms with van der Waals surface area (Å²) in [6.45, 7) is 6.63. The monoisotopic (exact) mass is 237 g/mol. The van der Waals surface area contributed by atoms with Gasteiger partial charge < -0.3 is 9.84 Å². The van der Waals surface area contributed by atoms with Crippen LogP contribution in [0.25, 0.3) is 0 Å². The molecule has 0 fully saturated rings. The Morgan fingerprint density at radius 3 is 2.71 bits per heavy atom. The van der Waals surface area contributed by atoms with E-state index in [4.69, 9.17) is 9.84 Å². The molecular weight excluding hydrogens is 218 g/mol. The predicted molar refractivity (Wildman–Crippen MR) is 65.5 cm³/mol. The summed E-state index contributed by atoms with van der Waals surface area (Å²) in [5.41, 5.74) is 0.707. The second-order valence-electron chi connectivity index (χ2n) is 4.47. The summed E-state index contributed by atoms with van der Waals surface area (Å²) in [5, 5.41) is 8.85. The maximum absolute atomic E-state index is 10.8. The van der Waals surface area contributed by atoms with Gasteiger partial charge in [0.2, 0.25) is 5.88 Å². The zero-order valence-electron chi connectivity index (χ0n) is 10.6. The number of carboxylic acid groups (broad SMARTS) is 1. The van der Waals surface area contributed by atoms with Crippen molar-refractivity contribution in [2.45, 2.75) is 33.6 Å². The highest BCUT2D eigenvalue weighted by molar-refractivity contribution is 5.88. The number of rotatable bonds is 6. The number of ether oxygens (including phenoxy) is 1. The molecular formula is C13H19NO3. The first-order valence-corrected chi connectivity index (χ1v) is 5.84. The number of aryl methyl sites for hydroxylation is 1. The van der Waals surface area contributed by atoms with E-state index in [2.05, 4.69) is 18.8 Å². The number of hydrogen-bond acceptors (Lipinski definition) is 3. The van der Waals surface area contributed by atoms with Crippen molar-refractivity contribution in [3.8, 4) is 5.88 Å². The summed E-state index contributed by atoms with van der Waals surface area (Å²) >= 11 is 0. The van der Waals surface area contributed by atoms with Gasteiger partial charge in [0, 0.05) is 6.07 Å². The molecule has 0 unspecified atom stereocenters. The lowest BCUT2D eigenvalue weighted by Crippen LogP contribution is -2.05. The molecule has 0 saturated carbocycles. The van der Waals surface area contributed by atoms with Crippen LogP contribution in [0.2, 0.25) is 0 Å². The highest BCUT2D eigenvalue weighted by Gasteiger charge is 2.08. The predicted octanol–water partition coefficient (Wildman–Crippen LogP) is 2.90. The van der Waals surface area contributed by atoms with Crippen molar-refractivity contribution in [3.05, 3.63) is 23.4 Å². The van der Waals surface area contributed by atoms with Crippen LogP contribution in [0.1, 0.15) is 42.7 Å². The number of carbonyl (C=O) groups is 1. The summed E-state index contributed by atoms with van der Waals surface area (Å²) in [4.78, 5) is 14.9. The van der Waals surface area contributed by atoms with E-state index in [0.29, 0.717) is 24.1 Å². The Balaban J connectivity index is 2.50. The molecule has 17 heavy (non-hydrogen) atoms. The van der Waals surface area contributed by atoms with Gasteiger partial charge in [0.15, 0.2) is 0 Å². The minimum atomic E-state index is -0.957. The number of aromatic carboxylic acids is 1. The minimum absolute atomic E-state index is 0.222. The number of pyridine rings is 1. The second kappa shape index (κ2) is 6.23. The fraction of sp³-hybridized carbons (Fsp3) is 0.538. The molecule has 1 aromatic heterocycles. The maximum Gasteiger partial charge on any atom is 0.337 e. The highest BCUT2D eigenvalue weighted by atomic mass is 16.5. The average Bonchev–Trinajstić information content (AvgIpc) is 2.23. The lowest BCUT2D eigenvalue weighted by Gasteiger charge is -2.08. The number of aromatic nitrogens is 1. The van der Waals surface area contributed by atoms with E-state index in [1.807, 2.05) is 0 Å². The van der Waals surface area contributed by atoms with Gasteiger partial charge in [0.25, 0.3) is 0 Å². The number of nitrogens with zero attached hydrogens (tertiary/aromatic N) is 1. The Bertz CT molecular complexity index is 388. The summed E-state index contributed by atoms with van der Waals surface area (Å²) in [6, 6.07) is 3.13. The molecule has 0 bridgehead atoms. The van der Waals surface area contributed by atoms with Crippen LogP contribution in [0.4, 0.5) is 0 Å². The van der Waals surface area contributed by atoms with Crippen molar-refractivity contribution >= 4 is 5.97 Å². The Morgan fingerprint density at radius 2 is 2.18 bits per heavy atom. The molecule has 0 atom stereocenters. The van der Waals surface area contributed by atoms with E-state index in [-0.39, 0.29) is 5.56 Å². The van der Waals surface area contributed by atoms with Gasteiger partial charge in [0.1, 0.15) is 0 Å². The van der Waals surface area contributed by atoms with Gasteiger partial charge in [-0.15, -0.1) is 0 Å². The lowest BCUT2D eigenvalue weighted by molar-refractivity contribution is 0.0695. The fourth-order valence-corrected chi connectivity index (χ4v) is 1.51. The second-order valence-corrected chi connectivity index (χ2v) is 4.47. The summed E-state index contributed by atoms with van der Waals surface area (Å²) in [5.74, 6) is 0.209. The molecule has 4 nitrogen and oxygen atoms in total. The molecule has 0 aromatic carbocycles. The summed E-state index contributed by atoms with van der Waals surface area (Å²) in [7, 11) is 0. The standard InChI is InChI=1S/C13H19NO3/c1-9(2)5-4-8-17-12-7-6-11(13(15)16)10(3)14-12/h6-7,9H,4-5,8H2,1-3H3,(H,15,16). The molecule has 1 N–H and O–H groups in total. The SMILES string of the molecule is Cc1nc(OCCCC(C)C)ccc1C(=O)O. The normalized spacial score (nSPS) is 10.6. The Hall–Kier alpha value is -1.58. The van der Waals surface area contributed by atoms with Crippen LogP contribution in [0.5, 0.6) is 5.88 Å². The van der Waals surface area contributed by atoms with Gasteiger partial charge in [-0.2, -0.15) is 0 Å².